The molecule has 9 heteroatoms. The summed E-state index contributed by atoms with van der Waals surface area (Å²) in [5, 5.41) is 22.5. The van der Waals surface area contributed by atoms with Crippen molar-refractivity contribution < 1.29 is 34.1 Å². The zero-order valence-corrected chi connectivity index (χ0v) is 34.0. The zero-order chi connectivity index (χ0) is 39.7. The number of hydrogen-bond donors (Lipinski definition) is 4. The SMILES string of the molecule is CC/C=C\C/C=C\C/C=C\C/C=C\CCC(=O)OC(CCC/C=C\CCCCCCCCCC)CCCCCCCC(=O)NCC(=O)NC(CO)C(=O)O. The van der Waals surface area contributed by atoms with E-state index in [-0.39, 0.29) is 30.9 Å². The molecular formula is C45H76N2O7. The lowest BCUT2D eigenvalue weighted by Gasteiger charge is -2.18. The highest BCUT2D eigenvalue weighted by Gasteiger charge is 2.19. The van der Waals surface area contributed by atoms with Gasteiger partial charge in [0, 0.05) is 12.8 Å². The lowest BCUT2D eigenvalue weighted by molar-refractivity contribution is -0.149. The number of esters is 1. The number of aliphatic hydroxyl groups is 1. The third kappa shape index (κ3) is 35.6. The summed E-state index contributed by atoms with van der Waals surface area (Å²) in [5.74, 6) is -2.41. The molecule has 0 rings (SSSR count). The van der Waals surface area contributed by atoms with E-state index in [9.17, 15) is 19.2 Å². The second-order valence-corrected chi connectivity index (χ2v) is 14.0. The summed E-state index contributed by atoms with van der Waals surface area (Å²) in [5.41, 5.74) is 0. The van der Waals surface area contributed by atoms with E-state index in [1.165, 1.54) is 51.4 Å². The average Bonchev–Trinajstić information content (AvgIpc) is 3.15. The van der Waals surface area contributed by atoms with Crippen molar-refractivity contribution in [3.05, 3.63) is 60.8 Å². The molecule has 0 saturated heterocycles. The molecule has 0 spiro atoms. The third-order valence-electron chi connectivity index (χ3n) is 9.01. The number of aliphatic hydroxyl groups excluding tert-OH is 1. The van der Waals surface area contributed by atoms with E-state index in [0.29, 0.717) is 19.3 Å². The van der Waals surface area contributed by atoms with Crippen LogP contribution in [-0.2, 0) is 23.9 Å². The molecule has 0 bridgehead atoms. The Morgan fingerprint density at radius 2 is 1.09 bits per heavy atom. The van der Waals surface area contributed by atoms with Gasteiger partial charge in [0.25, 0.3) is 0 Å². The molecule has 0 saturated carbocycles. The molecule has 0 heterocycles. The Balaban J connectivity index is 4.48. The number of rotatable bonds is 37. The second-order valence-electron chi connectivity index (χ2n) is 14.0. The summed E-state index contributed by atoms with van der Waals surface area (Å²) in [6.45, 7) is 3.34. The number of amides is 2. The zero-order valence-electron chi connectivity index (χ0n) is 34.0. The first kappa shape index (κ1) is 50.5. The molecular weight excluding hydrogens is 681 g/mol. The number of hydrogen-bond acceptors (Lipinski definition) is 6. The number of carboxylic acid groups (broad SMARTS) is 1. The standard InChI is InChI=1S/C45H76N2O7/c1-3-5-7-9-11-13-15-17-19-21-23-26-30-34-40(54-44(51)37-33-29-24-22-20-18-16-14-12-10-8-6-4-2)35-31-27-25-28-32-36-42(49)46-38-43(50)47-41(39-48)45(52)53/h6,8,12,14,18,20-21,23-24,29,40-41,48H,3-5,7,9-11,13,15-17,19,22,25-28,30-39H2,1-2H3,(H,46,49)(H,47,50)(H,52,53)/b8-6-,14-12-,20-18-,23-21-,29-24-. The van der Waals surface area contributed by atoms with Crippen molar-refractivity contribution >= 4 is 23.8 Å². The van der Waals surface area contributed by atoms with E-state index >= 15 is 0 Å². The minimum Gasteiger partial charge on any atom is -0.480 e. The molecule has 2 atom stereocenters. The fraction of sp³-hybridized carbons (Fsp3) is 0.689. The van der Waals surface area contributed by atoms with Gasteiger partial charge in [0.2, 0.25) is 11.8 Å². The molecule has 54 heavy (non-hydrogen) atoms. The van der Waals surface area contributed by atoms with Crippen LogP contribution >= 0.6 is 0 Å². The summed E-state index contributed by atoms with van der Waals surface area (Å²) in [4.78, 5) is 47.5. The highest BCUT2D eigenvalue weighted by Crippen LogP contribution is 2.17. The van der Waals surface area contributed by atoms with Crippen molar-refractivity contribution in [2.24, 2.45) is 0 Å². The number of carbonyl (C=O) groups excluding carboxylic acids is 3. The number of carboxylic acids is 1. The number of ether oxygens (including phenoxy) is 1. The van der Waals surface area contributed by atoms with E-state index in [4.69, 9.17) is 14.9 Å². The Morgan fingerprint density at radius 3 is 1.70 bits per heavy atom. The number of nitrogens with one attached hydrogen (secondary N) is 2. The molecule has 0 aromatic carbocycles. The van der Waals surface area contributed by atoms with Gasteiger partial charge in [-0.15, -0.1) is 0 Å². The van der Waals surface area contributed by atoms with E-state index in [2.05, 4.69) is 85.2 Å². The van der Waals surface area contributed by atoms with Crippen LogP contribution in [0.15, 0.2) is 60.8 Å². The first-order valence-electron chi connectivity index (χ1n) is 21.2. The lowest BCUT2D eigenvalue weighted by atomic mass is 10.0. The number of allylic oxidation sites excluding steroid dienone is 10. The first-order chi connectivity index (χ1) is 26.3. The number of carbonyl (C=O) groups is 4. The van der Waals surface area contributed by atoms with Gasteiger partial charge in [-0.1, -0.05) is 139 Å². The maximum atomic E-state index is 12.7. The minimum absolute atomic E-state index is 0.0838. The van der Waals surface area contributed by atoms with Crippen LogP contribution in [0.4, 0.5) is 0 Å². The summed E-state index contributed by atoms with van der Waals surface area (Å²) in [6.07, 6.45) is 46.8. The molecule has 0 aliphatic rings. The van der Waals surface area contributed by atoms with Gasteiger partial charge in [-0.25, -0.2) is 4.79 Å². The Kier molecular flexibility index (Phi) is 36.7. The molecule has 0 aliphatic carbocycles. The van der Waals surface area contributed by atoms with Gasteiger partial charge in [-0.3, -0.25) is 14.4 Å². The van der Waals surface area contributed by atoms with Gasteiger partial charge in [0.1, 0.15) is 12.1 Å². The van der Waals surface area contributed by atoms with E-state index in [0.717, 1.165) is 83.5 Å². The van der Waals surface area contributed by atoms with Crippen molar-refractivity contribution in [2.75, 3.05) is 13.2 Å². The summed E-state index contributed by atoms with van der Waals surface area (Å²) >= 11 is 0. The van der Waals surface area contributed by atoms with Gasteiger partial charge in [0.15, 0.2) is 0 Å². The van der Waals surface area contributed by atoms with Crippen LogP contribution in [0.3, 0.4) is 0 Å². The number of aliphatic carboxylic acids is 1. The summed E-state index contributed by atoms with van der Waals surface area (Å²) < 4.78 is 5.96. The normalized spacial score (nSPS) is 13.1. The average molecular weight is 757 g/mol. The van der Waals surface area contributed by atoms with Crippen LogP contribution < -0.4 is 10.6 Å². The van der Waals surface area contributed by atoms with Crippen molar-refractivity contribution in [1.29, 1.82) is 0 Å². The monoisotopic (exact) mass is 757 g/mol. The third-order valence-corrected chi connectivity index (χ3v) is 9.01. The topological polar surface area (TPSA) is 142 Å². The molecule has 0 aromatic rings. The molecule has 0 aliphatic heterocycles. The van der Waals surface area contributed by atoms with Crippen LogP contribution in [0, 0.1) is 0 Å². The fourth-order valence-corrected chi connectivity index (χ4v) is 5.79. The first-order valence-corrected chi connectivity index (χ1v) is 21.2. The van der Waals surface area contributed by atoms with Crippen LogP contribution in [-0.4, -0.2) is 59.3 Å². The predicted octanol–water partition coefficient (Wildman–Crippen LogP) is 10.1. The van der Waals surface area contributed by atoms with Gasteiger partial charge in [-0.2, -0.15) is 0 Å². The molecule has 2 amide bonds. The lowest BCUT2D eigenvalue weighted by Crippen LogP contribution is -2.47. The molecule has 9 nitrogen and oxygen atoms in total. The van der Waals surface area contributed by atoms with Crippen molar-refractivity contribution in [1.82, 2.24) is 10.6 Å². The maximum Gasteiger partial charge on any atom is 0.328 e. The van der Waals surface area contributed by atoms with Crippen molar-refractivity contribution in [3.63, 3.8) is 0 Å². The molecule has 4 N–H and O–H groups in total. The predicted molar refractivity (Wildman–Crippen MR) is 222 cm³/mol. The molecule has 308 valence electrons. The van der Waals surface area contributed by atoms with Gasteiger partial charge in [0.05, 0.1) is 13.2 Å². The Hall–Kier alpha value is -3.46. The minimum atomic E-state index is -1.39. The highest BCUT2D eigenvalue weighted by atomic mass is 16.5. The fourth-order valence-electron chi connectivity index (χ4n) is 5.79. The van der Waals surface area contributed by atoms with Crippen molar-refractivity contribution in [3.8, 4) is 0 Å². The van der Waals surface area contributed by atoms with E-state index < -0.39 is 24.5 Å². The Bertz CT molecular complexity index is 1100. The Labute approximate surface area is 328 Å². The van der Waals surface area contributed by atoms with Gasteiger partial charge < -0.3 is 25.6 Å². The Morgan fingerprint density at radius 1 is 0.574 bits per heavy atom. The second kappa shape index (κ2) is 39.2. The largest absolute Gasteiger partial charge is 0.480 e. The molecule has 2 unspecified atom stereocenters. The van der Waals surface area contributed by atoms with Gasteiger partial charge >= 0.3 is 11.9 Å². The summed E-state index contributed by atoms with van der Waals surface area (Å²) in [7, 11) is 0. The molecule has 0 radical (unpaired) electrons. The number of unbranched alkanes of at least 4 members (excludes halogenated alkanes) is 13. The van der Waals surface area contributed by atoms with E-state index in [1.807, 2.05) is 0 Å². The molecule has 0 aromatic heterocycles. The van der Waals surface area contributed by atoms with Crippen LogP contribution in [0.1, 0.15) is 174 Å². The smallest absolute Gasteiger partial charge is 0.328 e. The van der Waals surface area contributed by atoms with Crippen molar-refractivity contribution in [2.45, 2.75) is 187 Å². The quantitative estimate of drug-likeness (QED) is 0.0281. The molecule has 0 fully saturated rings. The van der Waals surface area contributed by atoms with Crippen LogP contribution in [0.2, 0.25) is 0 Å². The van der Waals surface area contributed by atoms with Crippen LogP contribution in [0.5, 0.6) is 0 Å². The van der Waals surface area contributed by atoms with Gasteiger partial charge in [-0.05, 0) is 83.5 Å². The van der Waals surface area contributed by atoms with E-state index in [1.54, 1.807) is 0 Å². The maximum absolute atomic E-state index is 12.7. The van der Waals surface area contributed by atoms with Crippen LogP contribution in [0.25, 0.3) is 0 Å². The summed E-state index contributed by atoms with van der Waals surface area (Å²) in [6, 6.07) is -1.39. The highest BCUT2D eigenvalue weighted by molar-refractivity contribution is 5.87.